The van der Waals surface area contributed by atoms with Crippen LogP contribution in [0.4, 0.5) is 5.69 Å². The molecule has 4 rings (SSSR count). The molecule has 128 valence electrons. The van der Waals surface area contributed by atoms with Crippen molar-refractivity contribution in [3.8, 4) is 21.7 Å². The Labute approximate surface area is 151 Å². The first-order valence-electron chi connectivity index (χ1n) is 7.64. The van der Waals surface area contributed by atoms with E-state index < -0.39 is 5.97 Å². The fourth-order valence-electron chi connectivity index (χ4n) is 2.64. The highest BCUT2D eigenvalue weighted by atomic mass is 32.1. The first-order chi connectivity index (χ1) is 12.7. The lowest BCUT2D eigenvalue weighted by Gasteiger charge is -2.00. The summed E-state index contributed by atoms with van der Waals surface area (Å²) >= 11 is 1.12. The molecular formula is C18H12N4O3S. The predicted octanol–water partition coefficient (Wildman–Crippen LogP) is 3.39. The molecule has 7 nitrogen and oxygen atoms in total. The van der Waals surface area contributed by atoms with E-state index in [1.807, 2.05) is 42.6 Å². The molecule has 0 saturated heterocycles. The van der Waals surface area contributed by atoms with Crippen LogP contribution in [-0.2, 0) is 4.79 Å². The Bertz CT molecular complexity index is 1080. The average Bonchev–Trinajstić information content (AvgIpc) is 3.26. The van der Waals surface area contributed by atoms with E-state index in [-0.39, 0.29) is 4.88 Å². The summed E-state index contributed by atoms with van der Waals surface area (Å²) in [6.07, 6.45) is 4.02. The monoisotopic (exact) mass is 364 g/mol. The van der Waals surface area contributed by atoms with Gasteiger partial charge in [-0.25, -0.2) is 14.3 Å². The van der Waals surface area contributed by atoms with Gasteiger partial charge in [-0.3, -0.25) is 4.79 Å². The quantitative estimate of drug-likeness (QED) is 0.529. The van der Waals surface area contributed by atoms with E-state index in [2.05, 4.69) is 15.4 Å². The zero-order valence-corrected chi connectivity index (χ0v) is 14.1. The summed E-state index contributed by atoms with van der Waals surface area (Å²) in [5, 5.41) is 16.2. The summed E-state index contributed by atoms with van der Waals surface area (Å²) in [5.41, 5.74) is 3.65. The Morgan fingerprint density at radius 3 is 2.65 bits per heavy atom. The van der Waals surface area contributed by atoms with Crippen LogP contribution in [0, 0.1) is 0 Å². The number of carbonyl (C=O) groups is 2. The third-order valence-corrected chi connectivity index (χ3v) is 5.01. The molecule has 0 bridgehead atoms. The standard InChI is InChI=1S/C18H12N4O3S/c23-10-20-14-8-15(26-17(14)18(24)25)12-4-2-11(3-5-12)13-9-16-19-6-1-7-22(16)21-13/h1-10H,(H,20,23)(H,24,25). The summed E-state index contributed by atoms with van der Waals surface area (Å²) in [6.45, 7) is 0. The summed E-state index contributed by atoms with van der Waals surface area (Å²) in [7, 11) is 0. The van der Waals surface area contributed by atoms with Gasteiger partial charge in [0, 0.05) is 28.9 Å². The maximum Gasteiger partial charge on any atom is 0.348 e. The third kappa shape index (κ3) is 2.82. The summed E-state index contributed by atoms with van der Waals surface area (Å²) in [5.74, 6) is -1.07. The lowest BCUT2D eigenvalue weighted by atomic mass is 10.1. The van der Waals surface area contributed by atoms with Crippen LogP contribution in [0.15, 0.2) is 54.9 Å². The van der Waals surface area contributed by atoms with Gasteiger partial charge >= 0.3 is 5.97 Å². The molecule has 3 aromatic heterocycles. The van der Waals surface area contributed by atoms with Crippen LogP contribution in [-0.4, -0.2) is 32.1 Å². The molecule has 0 aliphatic carbocycles. The van der Waals surface area contributed by atoms with Gasteiger partial charge in [0.1, 0.15) is 4.88 Å². The molecule has 0 spiro atoms. The first-order valence-corrected chi connectivity index (χ1v) is 8.46. The number of aromatic carboxylic acids is 1. The number of fused-ring (bicyclic) bond motifs is 1. The minimum atomic E-state index is -1.07. The van der Waals surface area contributed by atoms with Crippen molar-refractivity contribution in [1.82, 2.24) is 14.6 Å². The van der Waals surface area contributed by atoms with Crippen molar-refractivity contribution in [2.75, 3.05) is 5.32 Å². The van der Waals surface area contributed by atoms with Crippen molar-refractivity contribution in [1.29, 1.82) is 0 Å². The van der Waals surface area contributed by atoms with E-state index in [0.717, 1.165) is 38.7 Å². The van der Waals surface area contributed by atoms with Crippen molar-refractivity contribution in [3.63, 3.8) is 0 Å². The number of thiophene rings is 1. The van der Waals surface area contributed by atoms with Crippen LogP contribution in [0.1, 0.15) is 9.67 Å². The Morgan fingerprint density at radius 2 is 1.96 bits per heavy atom. The topological polar surface area (TPSA) is 96.6 Å². The van der Waals surface area contributed by atoms with E-state index in [0.29, 0.717) is 12.1 Å². The molecule has 0 fully saturated rings. The van der Waals surface area contributed by atoms with Crippen molar-refractivity contribution in [2.45, 2.75) is 0 Å². The van der Waals surface area contributed by atoms with Gasteiger partial charge in [0.05, 0.1) is 11.4 Å². The normalized spacial score (nSPS) is 10.8. The van der Waals surface area contributed by atoms with Gasteiger partial charge in [0.15, 0.2) is 5.65 Å². The van der Waals surface area contributed by atoms with E-state index in [4.69, 9.17) is 0 Å². The lowest BCUT2D eigenvalue weighted by molar-refractivity contribution is -0.105. The van der Waals surface area contributed by atoms with Crippen LogP contribution < -0.4 is 5.32 Å². The van der Waals surface area contributed by atoms with Crippen molar-refractivity contribution in [3.05, 3.63) is 59.7 Å². The largest absolute Gasteiger partial charge is 0.477 e. The molecule has 0 radical (unpaired) electrons. The van der Waals surface area contributed by atoms with E-state index in [1.54, 1.807) is 16.8 Å². The molecule has 0 aliphatic heterocycles. The number of carboxylic acids is 1. The van der Waals surface area contributed by atoms with Crippen LogP contribution >= 0.6 is 11.3 Å². The smallest absolute Gasteiger partial charge is 0.348 e. The highest BCUT2D eigenvalue weighted by Gasteiger charge is 2.16. The Morgan fingerprint density at radius 1 is 1.19 bits per heavy atom. The third-order valence-electron chi connectivity index (χ3n) is 3.84. The molecule has 26 heavy (non-hydrogen) atoms. The number of rotatable bonds is 5. The molecule has 1 amide bonds. The van der Waals surface area contributed by atoms with Gasteiger partial charge in [0.2, 0.25) is 6.41 Å². The van der Waals surface area contributed by atoms with Crippen LogP contribution in [0.5, 0.6) is 0 Å². The molecular weight excluding hydrogens is 352 g/mol. The molecule has 1 aromatic carbocycles. The molecule has 0 aliphatic rings. The Hall–Kier alpha value is -3.52. The lowest BCUT2D eigenvalue weighted by Crippen LogP contribution is -2.00. The molecule has 0 unspecified atom stereocenters. The number of anilines is 1. The molecule has 4 aromatic rings. The van der Waals surface area contributed by atoms with Crippen LogP contribution in [0.25, 0.3) is 27.3 Å². The summed E-state index contributed by atoms with van der Waals surface area (Å²) < 4.78 is 1.71. The minimum Gasteiger partial charge on any atom is -0.477 e. The number of nitrogens with zero attached hydrogens (tertiary/aromatic N) is 3. The number of nitrogens with one attached hydrogen (secondary N) is 1. The molecule has 0 saturated carbocycles. The van der Waals surface area contributed by atoms with E-state index >= 15 is 0 Å². The number of aromatic nitrogens is 3. The second kappa shape index (κ2) is 6.41. The van der Waals surface area contributed by atoms with Gasteiger partial charge < -0.3 is 10.4 Å². The van der Waals surface area contributed by atoms with Gasteiger partial charge in [-0.1, -0.05) is 24.3 Å². The van der Waals surface area contributed by atoms with E-state index in [9.17, 15) is 14.7 Å². The molecule has 0 atom stereocenters. The van der Waals surface area contributed by atoms with Gasteiger partial charge in [0.25, 0.3) is 0 Å². The number of hydrogen-bond donors (Lipinski definition) is 2. The maximum absolute atomic E-state index is 11.3. The van der Waals surface area contributed by atoms with E-state index in [1.165, 1.54) is 0 Å². The predicted molar refractivity (Wildman–Crippen MR) is 98.4 cm³/mol. The molecule has 3 heterocycles. The Kier molecular flexibility index (Phi) is 3.94. The zero-order valence-electron chi connectivity index (χ0n) is 13.3. The first kappa shape index (κ1) is 16.0. The number of carboxylic acid groups (broad SMARTS) is 1. The molecule has 2 N–H and O–H groups in total. The highest BCUT2D eigenvalue weighted by molar-refractivity contribution is 7.18. The zero-order chi connectivity index (χ0) is 18.1. The fourth-order valence-corrected chi connectivity index (χ4v) is 3.61. The highest BCUT2D eigenvalue weighted by Crippen LogP contribution is 2.35. The number of carbonyl (C=O) groups excluding carboxylic acids is 1. The fraction of sp³-hybridized carbons (Fsp3) is 0. The van der Waals surface area contributed by atoms with Gasteiger partial charge in [-0.2, -0.15) is 5.10 Å². The van der Waals surface area contributed by atoms with Crippen molar-refractivity contribution < 1.29 is 14.7 Å². The maximum atomic E-state index is 11.3. The summed E-state index contributed by atoms with van der Waals surface area (Å²) in [4.78, 5) is 27.1. The SMILES string of the molecule is O=CNc1cc(-c2ccc(-c3cc4ncccn4n3)cc2)sc1C(=O)O. The van der Waals surface area contributed by atoms with Crippen LogP contribution in [0.2, 0.25) is 0 Å². The summed E-state index contributed by atoms with van der Waals surface area (Å²) in [6, 6.07) is 13.0. The number of hydrogen-bond acceptors (Lipinski definition) is 5. The van der Waals surface area contributed by atoms with Crippen LogP contribution in [0.3, 0.4) is 0 Å². The average molecular weight is 364 g/mol. The number of benzene rings is 1. The van der Waals surface area contributed by atoms with Crippen molar-refractivity contribution >= 4 is 35.1 Å². The second-order valence-corrected chi connectivity index (χ2v) is 6.50. The number of amides is 1. The van der Waals surface area contributed by atoms with Gasteiger partial charge in [-0.05, 0) is 17.7 Å². The Balaban J connectivity index is 1.68. The van der Waals surface area contributed by atoms with Crippen molar-refractivity contribution in [2.24, 2.45) is 0 Å². The van der Waals surface area contributed by atoms with Gasteiger partial charge in [-0.15, -0.1) is 11.3 Å². The molecule has 8 heteroatoms. The minimum absolute atomic E-state index is 0.0996. The second-order valence-electron chi connectivity index (χ2n) is 5.45.